The lowest BCUT2D eigenvalue weighted by Gasteiger charge is -2.21. The van der Waals surface area contributed by atoms with Crippen molar-refractivity contribution in [3.63, 3.8) is 0 Å². The Bertz CT molecular complexity index is 403. The first-order valence-electron chi connectivity index (χ1n) is 6.70. The van der Waals surface area contributed by atoms with Crippen LogP contribution in [0.25, 0.3) is 0 Å². The van der Waals surface area contributed by atoms with Gasteiger partial charge in [-0.25, -0.2) is 4.39 Å². The van der Waals surface area contributed by atoms with E-state index in [2.05, 4.69) is 0 Å². The van der Waals surface area contributed by atoms with Gasteiger partial charge in [-0.3, -0.25) is 4.79 Å². The van der Waals surface area contributed by atoms with Crippen LogP contribution in [0.2, 0.25) is 0 Å². The van der Waals surface area contributed by atoms with Crippen LogP contribution in [-0.2, 0) is 4.79 Å². The van der Waals surface area contributed by atoms with Crippen molar-refractivity contribution in [1.29, 1.82) is 0 Å². The minimum atomic E-state index is -0.297. The summed E-state index contributed by atoms with van der Waals surface area (Å²) in [4.78, 5) is 13.8. The van der Waals surface area contributed by atoms with Gasteiger partial charge in [0, 0.05) is 24.7 Å². The molecule has 1 rings (SSSR count). The van der Waals surface area contributed by atoms with Crippen molar-refractivity contribution >= 4 is 11.6 Å². The minimum absolute atomic E-state index is 0.0474. The summed E-state index contributed by atoms with van der Waals surface area (Å²) < 4.78 is 12.8. The Labute approximate surface area is 114 Å². The number of carbonyl (C=O) groups is 1. The van der Waals surface area contributed by atoms with Gasteiger partial charge >= 0.3 is 0 Å². The molecule has 0 aromatic heterocycles. The van der Waals surface area contributed by atoms with Gasteiger partial charge < -0.3 is 10.6 Å². The van der Waals surface area contributed by atoms with Gasteiger partial charge in [0.2, 0.25) is 5.91 Å². The first-order chi connectivity index (χ1) is 8.91. The molecular weight excluding hydrogens is 243 g/mol. The fourth-order valence-electron chi connectivity index (χ4n) is 1.99. The molecule has 0 saturated heterocycles. The zero-order valence-corrected chi connectivity index (χ0v) is 11.9. The molecular formula is C15H23FN2O. The summed E-state index contributed by atoms with van der Waals surface area (Å²) >= 11 is 0. The average molecular weight is 266 g/mol. The van der Waals surface area contributed by atoms with Gasteiger partial charge in [0.1, 0.15) is 5.82 Å². The summed E-state index contributed by atoms with van der Waals surface area (Å²) in [6, 6.07) is 6.13. The van der Waals surface area contributed by atoms with E-state index in [-0.39, 0.29) is 23.7 Å². The number of hydrogen-bond donors (Lipinski definition) is 1. The van der Waals surface area contributed by atoms with Crippen molar-refractivity contribution in [2.75, 3.05) is 11.9 Å². The molecule has 1 amide bonds. The van der Waals surface area contributed by atoms with Crippen LogP contribution in [0.5, 0.6) is 0 Å². The standard InChI is InChI=1S/C15H23FN2O/c1-11(5-4-6-12(2)17)15(19)18(3)14-9-7-13(16)8-10-14/h7-12H,4-6,17H2,1-3H3. The number of rotatable bonds is 6. The van der Waals surface area contributed by atoms with Crippen molar-refractivity contribution in [2.45, 2.75) is 39.2 Å². The van der Waals surface area contributed by atoms with Gasteiger partial charge in [-0.15, -0.1) is 0 Å². The summed E-state index contributed by atoms with van der Waals surface area (Å²) in [5.74, 6) is -0.292. The lowest BCUT2D eigenvalue weighted by molar-refractivity contribution is -0.121. The van der Waals surface area contributed by atoms with E-state index < -0.39 is 0 Å². The highest BCUT2D eigenvalue weighted by Crippen LogP contribution is 2.18. The van der Waals surface area contributed by atoms with Gasteiger partial charge in [0.25, 0.3) is 0 Å². The van der Waals surface area contributed by atoms with Gasteiger partial charge in [0.15, 0.2) is 0 Å². The maximum atomic E-state index is 12.8. The van der Waals surface area contributed by atoms with Gasteiger partial charge in [-0.2, -0.15) is 0 Å². The number of hydrogen-bond acceptors (Lipinski definition) is 2. The lowest BCUT2D eigenvalue weighted by Crippen LogP contribution is -2.31. The topological polar surface area (TPSA) is 46.3 Å². The number of benzene rings is 1. The number of anilines is 1. The fourth-order valence-corrected chi connectivity index (χ4v) is 1.99. The molecule has 0 fully saturated rings. The van der Waals surface area contributed by atoms with Crippen molar-refractivity contribution in [2.24, 2.45) is 11.7 Å². The lowest BCUT2D eigenvalue weighted by atomic mass is 10.0. The van der Waals surface area contributed by atoms with Gasteiger partial charge in [0.05, 0.1) is 0 Å². The fraction of sp³-hybridized carbons (Fsp3) is 0.533. The molecule has 0 aliphatic rings. The molecule has 3 nitrogen and oxygen atoms in total. The zero-order chi connectivity index (χ0) is 14.4. The Kier molecular flexibility index (Phi) is 5.96. The number of carbonyl (C=O) groups excluding carboxylic acids is 1. The number of amides is 1. The molecule has 19 heavy (non-hydrogen) atoms. The van der Waals surface area contributed by atoms with E-state index in [1.54, 1.807) is 24.1 Å². The normalized spacial score (nSPS) is 13.9. The molecule has 0 aliphatic heterocycles. The van der Waals surface area contributed by atoms with Gasteiger partial charge in [-0.1, -0.05) is 13.3 Å². The third kappa shape index (κ3) is 4.99. The van der Waals surface area contributed by atoms with E-state index in [9.17, 15) is 9.18 Å². The molecule has 2 N–H and O–H groups in total. The SMILES string of the molecule is CC(N)CCCC(C)C(=O)N(C)c1ccc(F)cc1. The maximum Gasteiger partial charge on any atom is 0.229 e. The van der Waals surface area contributed by atoms with Crippen LogP contribution in [0.15, 0.2) is 24.3 Å². The number of halogens is 1. The van der Waals surface area contributed by atoms with Crippen molar-refractivity contribution in [3.8, 4) is 0 Å². The highest BCUT2D eigenvalue weighted by molar-refractivity contribution is 5.94. The van der Waals surface area contributed by atoms with E-state index >= 15 is 0 Å². The predicted octanol–water partition coefficient (Wildman–Crippen LogP) is 2.94. The van der Waals surface area contributed by atoms with E-state index in [0.29, 0.717) is 5.69 Å². The minimum Gasteiger partial charge on any atom is -0.328 e. The predicted molar refractivity (Wildman–Crippen MR) is 76.5 cm³/mol. The van der Waals surface area contributed by atoms with Crippen LogP contribution in [0.1, 0.15) is 33.1 Å². The molecule has 2 unspecified atom stereocenters. The summed E-state index contributed by atoms with van der Waals surface area (Å²) in [7, 11) is 1.72. The van der Waals surface area contributed by atoms with Crippen LogP contribution in [-0.4, -0.2) is 19.0 Å². The molecule has 0 radical (unpaired) electrons. The molecule has 1 aromatic rings. The molecule has 2 atom stereocenters. The number of nitrogens with two attached hydrogens (primary N) is 1. The molecule has 1 aromatic carbocycles. The van der Waals surface area contributed by atoms with Crippen molar-refractivity contribution < 1.29 is 9.18 Å². The highest BCUT2D eigenvalue weighted by Gasteiger charge is 2.18. The largest absolute Gasteiger partial charge is 0.328 e. The number of nitrogens with zero attached hydrogens (tertiary/aromatic N) is 1. The molecule has 0 spiro atoms. The zero-order valence-electron chi connectivity index (χ0n) is 11.9. The second-order valence-electron chi connectivity index (χ2n) is 5.18. The second-order valence-corrected chi connectivity index (χ2v) is 5.18. The van der Waals surface area contributed by atoms with E-state index in [1.165, 1.54) is 12.1 Å². The van der Waals surface area contributed by atoms with E-state index in [4.69, 9.17) is 5.73 Å². The van der Waals surface area contributed by atoms with Crippen LogP contribution in [0, 0.1) is 11.7 Å². The Hall–Kier alpha value is -1.42. The van der Waals surface area contributed by atoms with Crippen LogP contribution in [0.3, 0.4) is 0 Å². The summed E-state index contributed by atoms with van der Waals surface area (Å²) in [5.41, 5.74) is 6.40. The van der Waals surface area contributed by atoms with E-state index in [1.807, 2.05) is 13.8 Å². The third-order valence-corrected chi connectivity index (χ3v) is 3.26. The molecule has 0 aliphatic carbocycles. The van der Waals surface area contributed by atoms with E-state index in [0.717, 1.165) is 19.3 Å². The Balaban J connectivity index is 2.53. The van der Waals surface area contributed by atoms with Crippen LogP contribution < -0.4 is 10.6 Å². The molecule has 106 valence electrons. The summed E-state index contributed by atoms with van der Waals surface area (Å²) in [6.45, 7) is 3.89. The Morgan fingerprint density at radius 1 is 1.26 bits per heavy atom. The highest BCUT2D eigenvalue weighted by atomic mass is 19.1. The van der Waals surface area contributed by atoms with Crippen LogP contribution >= 0.6 is 0 Å². The summed E-state index contributed by atoms with van der Waals surface area (Å²) in [6.07, 6.45) is 2.70. The first-order valence-corrected chi connectivity index (χ1v) is 6.70. The first kappa shape index (κ1) is 15.6. The monoisotopic (exact) mass is 266 g/mol. The van der Waals surface area contributed by atoms with Crippen molar-refractivity contribution in [1.82, 2.24) is 0 Å². The quantitative estimate of drug-likeness (QED) is 0.860. The molecule has 4 heteroatoms. The van der Waals surface area contributed by atoms with Crippen LogP contribution in [0.4, 0.5) is 10.1 Å². The molecule has 0 saturated carbocycles. The third-order valence-electron chi connectivity index (χ3n) is 3.26. The second kappa shape index (κ2) is 7.24. The van der Waals surface area contributed by atoms with Crippen molar-refractivity contribution in [3.05, 3.63) is 30.1 Å². The molecule has 0 bridgehead atoms. The Morgan fingerprint density at radius 3 is 2.37 bits per heavy atom. The smallest absolute Gasteiger partial charge is 0.229 e. The average Bonchev–Trinajstić information content (AvgIpc) is 2.37. The van der Waals surface area contributed by atoms with Gasteiger partial charge in [-0.05, 0) is 44.0 Å². The maximum absolute atomic E-state index is 12.8. The molecule has 0 heterocycles. The summed E-state index contributed by atoms with van der Waals surface area (Å²) in [5, 5.41) is 0. The Morgan fingerprint density at radius 2 is 1.84 bits per heavy atom.